The normalized spacial score (nSPS) is 13.9. The molecule has 1 amide bonds. The van der Waals surface area contributed by atoms with Gasteiger partial charge in [0.15, 0.2) is 0 Å². The van der Waals surface area contributed by atoms with E-state index in [1.165, 1.54) is 148 Å². The molecule has 0 spiro atoms. The highest BCUT2D eigenvalue weighted by molar-refractivity contribution is 5.76. The van der Waals surface area contributed by atoms with Crippen LogP contribution in [0.4, 0.5) is 0 Å². The third-order valence-electron chi connectivity index (χ3n) is 9.92. The van der Waals surface area contributed by atoms with Crippen molar-refractivity contribution in [2.75, 3.05) is 6.61 Å². The minimum atomic E-state index is -0.931. The van der Waals surface area contributed by atoms with Crippen LogP contribution in [-0.2, 0) is 4.79 Å². The molecule has 3 unspecified atom stereocenters. The molecule has 294 valence electrons. The Bertz CT molecular complexity index is 779. The Morgan fingerprint density at radius 1 is 0.520 bits per heavy atom. The van der Waals surface area contributed by atoms with Crippen molar-refractivity contribution in [3.8, 4) is 0 Å². The fraction of sp³-hybridized carbons (Fsp3) is 0.844. The Morgan fingerprint density at radius 3 is 1.32 bits per heavy atom. The number of carbonyl (C=O) groups excluding carboxylic acids is 1. The van der Waals surface area contributed by atoms with Crippen molar-refractivity contribution in [3.05, 3.63) is 36.5 Å². The van der Waals surface area contributed by atoms with Crippen LogP contribution in [0, 0.1) is 0 Å². The molecule has 4 N–H and O–H groups in total. The first-order valence-electron chi connectivity index (χ1n) is 21.8. The van der Waals surface area contributed by atoms with Gasteiger partial charge in [0.1, 0.15) is 0 Å². The number of hydrogen-bond acceptors (Lipinski definition) is 4. The van der Waals surface area contributed by atoms with Crippen LogP contribution < -0.4 is 5.32 Å². The van der Waals surface area contributed by atoms with Gasteiger partial charge in [-0.25, -0.2) is 0 Å². The highest BCUT2D eigenvalue weighted by Gasteiger charge is 2.20. The van der Waals surface area contributed by atoms with Crippen molar-refractivity contribution in [3.63, 3.8) is 0 Å². The van der Waals surface area contributed by atoms with Gasteiger partial charge in [-0.2, -0.15) is 0 Å². The Kier molecular flexibility index (Phi) is 39.2. The van der Waals surface area contributed by atoms with Gasteiger partial charge in [-0.1, -0.05) is 198 Å². The fourth-order valence-corrected chi connectivity index (χ4v) is 6.55. The molecule has 5 nitrogen and oxygen atoms in total. The molecule has 0 radical (unpaired) electrons. The van der Waals surface area contributed by atoms with Crippen LogP contribution in [-0.4, -0.2) is 46.1 Å². The van der Waals surface area contributed by atoms with E-state index in [0.29, 0.717) is 6.42 Å². The molecule has 0 aromatic carbocycles. The number of carbonyl (C=O) groups is 1. The van der Waals surface area contributed by atoms with Gasteiger partial charge < -0.3 is 20.6 Å². The molecule has 50 heavy (non-hydrogen) atoms. The van der Waals surface area contributed by atoms with Gasteiger partial charge in [0.25, 0.3) is 0 Å². The lowest BCUT2D eigenvalue weighted by atomic mass is 10.0. The molecule has 0 heterocycles. The van der Waals surface area contributed by atoms with Crippen molar-refractivity contribution in [2.45, 2.75) is 238 Å². The third-order valence-corrected chi connectivity index (χ3v) is 9.92. The number of nitrogens with one attached hydrogen (secondary N) is 1. The summed E-state index contributed by atoms with van der Waals surface area (Å²) >= 11 is 0. The average molecular weight is 704 g/mol. The quantitative estimate of drug-likeness (QED) is 0.0379. The van der Waals surface area contributed by atoms with Gasteiger partial charge in [-0.05, 0) is 51.4 Å². The van der Waals surface area contributed by atoms with E-state index in [-0.39, 0.29) is 18.9 Å². The van der Waals surface area contributed by atoms with Crippen molar-refractivity contribution in [2.24, 2.45) is 0 Å². The van der Waals surface area contributed by atoms with Crippen LogP contribution in [0.1, 0.15) is 219 Å². The summed E-state index contributed by atoms with van der Waals surface area (Å²) in [5.74, 6) is -0.324. The van der Waals surface area contributed by atoms with Crippen molar-refractivity contribution in [1.29, 1.82) is 0 Å². The minimum Gasteiger partial charge on any atom is -0.394 e. The molecule has 0 aliphatic heterocycles. The zero-order chi connectivity index (χ0) is 36.6. The van der Waals surface area contributed by atoms with Crippen molar-refractivity contribution >= 4 is 5.91 Å². The first-order valence-corrected chi connectivity index (χ1v) is 21.8. The lowest BCUT2D eigenvalue weighted by Crippen LogP contribution is -2.45. The predicted octanol–water partition coefficient (Wildman–Crippen LogP) is 12.4. The number of hydrogen-bond donors (Lipinski definition) is 4. The Morgan fingerprint density at radius 2 is 0.900 bits per heavy atom. The molecule has 0 aromatic rings. The van der Waals surface area contributed by atoms with Gasteiger partial charge in [-0.3, -0.25) is 4.79 Å². The topological polar surface area (TPSA) is 89.8 Å². The van der Waals surface area contributed by atoms with E-state index in [2.05, 4.69) is 43.5 Å². The minimum absolute atomic E-state index is 0.00419. The molecular formula is C45H85NO4. The summed E-state index contributed by atoms with van der Waals surface area (Å²) in [6.45, 7) is 4.20. The van der Waals surface area contributed by atoms with Crippen LogP contribution in [0.15, 0.2) is 36.5 Å². The first kappa shape index (κ1) is 48.6. The highest BCUT2D eigenvalue weighted by Crippen LogP contribution is 2.14. The number of rotatable bonds is 39. The SMILES string of the molecule is CCCCCCCCCCC/C=C\C/C=C\CCCCCCCC(O)CC(=O)NC(CO)C(O)/C=C/CCCCCCCCCCCCCC. The molecule has 0 bridgehead atoms. The van der Waals surface area contributed by atoms with Crippen LogP contribution in [0.3, 0.4) is 0 Å². The zero-order valence-electron chi connectivity index (χ0n) is 33.3. The van der Waals surface area contributed by atoms with Crippen LogP contribution >= 0.6 is 0 Å². The van der Waals surface area contributed by atoms with E-state index >= 15 is 0 Å². The summed E-state index contributed by atoms with van der Waals surface area (Å²) in [4.78, 5) is 12.4. The van der Waals surface area contributed by atoms with Gasteiger partial charge in [-0.15, -0.1) is 0 Å². The summed E-state index contributed by atoms with van der Waals surface area (Å²) in [6.07, 6.45) is 49.9. The third kappa shape index (κ3) is 36.4. The van der Waals surface area contributed by atoms with Crippen molar-refractivity contribution in [1.82, 2.24) is 5.32 Å². The fourth-order valence-electron chi connectivity index (χ4n) is 6.55. The molecule has 0 rings (SSSR count). The molecule has 3 atom stereocenters. The number of allylic oxidation sites excluding steroid dienone is 5. The number of aliphatic hydroxyl groups is 3. The smallest absolute Gasteiger partial charge is 0.222 e. The summed E-state index contributed by atoms with van der Waals surface area (Å²) < 4.78 is 0. The van der Waals surface area contributed by atoms with Crippen LogP contribution in [0.5, 0.6) is 0 Å². The summed E-state index contributed by atoms with van der Waals surface area (Å²) in [7, 11) is 0. The predicted molar refractivity (Wildman–Crippen MR) is 218 cm³/mol. The molecule has 0 aliphatic rings. The van der Waals surface area contributed by atoms with Crippen LogP contribution in [0.2, 0.25) is 0 Å². The van der Waals surface area contributed by atoms with Crippen LogP contribution in [0.25, 0.3) is 0 Å². The first-order chi connectivity index (χ1) is 24.5. The maximum atomic E-state index is 12.4. The van der Waals surface area contributed by atoms with E-state index < -0.39 is 18.2 Å². The maximum absolute atomic E-state index is 12.4. The van der Waals surface area contributed by atoms with E-state index in [9.17, 15) is 20.1 Å². The second-order valence-electron chi connectivity index (χ2n) is 15.0. The van der Waals surface area contributed by atoms with Gasteiger partial charge in [0.2, 0.25) is 5.91 Å². The lowest BCUT2D eigenvalue weighted by Gasteiger charge is -2.21. The summed E-state index contributed by atoms with van der Waals surface area (Å²) in [6, 6.07) is -0.748. The van der Waals surface area contributed by atoms with E-state index in [1.54, 1.807) is 6.08 Å². The van der Waals surface area contributed by atoms with E-state index in [1.807, 2.05) is 6.08 Å². The summed E-state index contributed by atoms with van der Waals surface area (Å²) in [5.41, 5.74) is 0. The molecule has 0 saturated carbocycles. The largest absolute Gasteiger partial charge is 0.394 e. The molecule has 5 heteroatoms. The molecule has 0 fully saturated rings. The average Bonchev–Trinajstić information content (AvgIpc) is 3.11. The second-order valence-corrected chi connectivity index (χ2v) is 15.0. The molecule has 0 aliphatic carbocycles. The Hall–Kier alpha value is -1.43. The Labute approximate surface area is 311 Å². The van der Waals surface area contributed by atoms with Gasteiger partial charge in [0, 0.05) is 0 Å². The van der Waals surface area contributed by atoms with E-state index in [4.69, 9.17) is 0 Å². The zero-order valence-corrected chi connectivity index (χ0v) is 33.3. The van der Waals surface area contributed by atoms with Crippen molar-refractivity contribution < 1.29 is 20.1 Å². The maximum Gasteiger partial charge on any atom is 0.222 e. The van der Waals surface area contributed by atoms with Gasteiger partial charge >= 0.3 is 0 Å². The molecule has 0 saturated heterocycles. The number of unbranched alkanes of at least 4 members (excludes halogenated alkanes) is 26. The molecule has 0 aromatic heterocycles. The Balaban J connectivity index is 3.70. The van der Waals surface area contributed by atoms with E-state index in [0.717, 1.165) is 44.9 Å². The summed E-state index contributed by atoms with van der Waals surface area (Å²) in [5, 5.41) is 33.2. The second kappa shape index (κ2) is 40.3. The number of aliphatic hydroxyl groups excluding tert-OH is 3. The standard InChI is InChI=1S/C45H85NO4/c1-3-5-7-9-11-13-15-17-19-20-21-22-23-24-25-26-28-30-32-34-36-38-42(48)40-45(50)46-43(41-47)44(49)39-37-35-33-31-29-27-18-16-14-12-10-8-6-4-2/h21-22,24-25,37,39,42-44,47-49H,3-20,23,26-36,38,40-41H2,1-2H3,(H,46,50)/b22-21-,25-24-,39-37+. The monoisotopic (exact) mass is 704 g/mol. The molecular weight excluding hydrogens is 618 g/mol. The van der Waals surface area contributed by atoms with Gasteiger partial charge in [0.05, 0.1) is 31.3 Å². The lowest BCUT2D eigenvalue weighted by molar-refractivity contribution is -0.124. The number of amides is 1. The highest BCUT2D eigenvalue weighted by atomic mass is 16.3.